The summed E-state index contributed by atoms with van der Waals surface area (Å²) in [6, 6.07) is 10.2. The molecule has 3 N–H and O–H groups in total. The SMILES string of the molecule is CNCC(O)COc1cccc(-c2cc(NCC3CCOCC3)c3cnn(C(C)C)c3n2)c1. The van der Waals surface area contributed by atoms with Gasteiger partial charge in [0.15, 0.2) is 5.65 Å². The first-order valence-corrected chi connectivity index (χ1v) is 11.8. The third-order valence-corrected chi connectivity index (χ3v) is 5.99. The summed E-state index contributed by atoms with van der Waals surface area (Å²) in [4.78, 5) is 4.97. The number of nitrogens with one attached hydrogen (secondary N) is 2. The van der Waals surface area contributed by atoms with Crippen LogP contribution in [0.5, 0.6) is 5.75 Å². The zero-order chi connectivity index (χ0) is 23.2. The van der Waals surface area contributed by atoms with Crippen molar-refractivity contribution in [3.05, 3.63) is 36.5 Å². The predicted octanol–water partition coefficient (Wildman–Crippen LogP) is 3.48. The number of anilines is 1. The number of aromatic nitrogens is 3. The van der Waals surface area contributed by atoms with E-state index in [1.807, 2.05) is 35.1 Å². The highest BCUT2D eigenvalue weighted by atomic mass is 16.5. The number of hydrogen-bond acceptors (Lipinski definition) is 7. The van der Waals surface area contributed by atoms with Crippen molar-refractivity contribution in [2.24, 2.45) is 5.92 Å². The molecular formula is C25H35N5O3. The smallest absolute Gasteiger partial charge is 0.160 e. The van der Waals surface area contributed by atoms with E-state index in [1.165, 1.54) is 0 Å². The maximum Gasteiger partial charge on any atom is 0.160 e. The Morgan fingerprint density at radius 3 is 2.82 bits per heavy atom. The maximum atomic E-state index is 9.95. The van der Waals surface area contributed by atoms with Crippen LogP contribution in [-0.2, 0) is 4.74 Å². The lowest BCUT2D eigenvalue weighted by Gasteiger charge is -2.23. The number of ether oxygens (including phenoxy) is 2. The predicted molar refractivity (Wildman–Crippen MR) is 131 cm³/mol. The maximum absolute atomic E-state index is 9.95. The minimum atomic E-state index is -0.561. The van der Waals surface area contributed by atoms with E-state index < -0.39 is 6.10 Å². The minimum absolute atomic E-state index is 0.205. The molecule has 4 rings (SSSR count). The normalized spacial score (nSPS) is 15.8. The molecule has 8 nitrogen and oxygen atoms in total. The molecule has 0 aliphatic carbocycles. The van der Waals surface area contributed by atoms with Crippen molar-refractivity contribution >= 4 is 16.7 Å². The molecule has 3 heterocycles. The van der Waals surface area contributed by atoms with Crippen molar-refractivity contribution in [1.29, 1.82) is 0 Å². The molecule has 0 spiro atoms. The average molecular weight is 454 g/mol. The first kappa shape index (κ1) is 23.5. The molecule has 1 saturated heterocycles. The van der Waals surface area contributed by atoms with Gasteiger partial charge in [0.05, 0.1) is 17.3 Å². The summed E-state index contributed by atoms with van der Waals surface area (Å²) in [7, 11) is 1.81. The van der Waals surface area contributed by atoms with Gasteiger partial charge in [0.2, 0.25) is 0 Å². The van der Waals surface area contributed by atoms with Gasteiger partial charge in [-0.15, -0.1) is 0 Å². The Bertz CT molecular complexity index is 1050. The Kier molecular flexibility index (Phi) is 7.80. The number of hydrogen-bond donors (Lipinski definition) is 3. The summed E-state index contributed by atoms with van der Waals surface area (Å²) in [5.74, 6) is 1.31. The van der Waals surface area contributed by atoms with Crippen LogP contribution in [0.1, 0.15) is 32.7 Å². The van der Waals surface area contributed by atoms with Gasteiger partial charge in [0.25, 0.3) is 0 Å². The van der Waals surface area contributed by atoms with E-state index in [9.17, 15) is 5.11 Å². The molecule has 1 atom stereocenters. The molecule has 0 saturated carbocycles. The highest BCUT2D eigenvalue weighted by Crippen LogP contribution is 2.31. The Labute approximate surface area is 195 Å². The summed E-state index contributed by atoms with van der Waals surface area (Å²) < 4.78 is 13.3. The lowest BCUT2D eigenvalue weighted by molar-refractivity contribution is 0.0699. The number of aliphatic hydroxyl groups is 1. The van der Waals surface area contributed by atoms with Crippen LogP contribution in [0.3, 0.4) is 0 Å². The molecule has 1 fully saturated rings. The van der Waals surface area contributed by atoms with Crippen molar-refractivity contribution in [2.45, 2.75) is 38.8 Å². The van der Waals surface area contributed by atoms with E-state index in [1.54, 1.807) is 7.05 Å². The fraction of sp³-hybridized carbons (Fsp3) is 0.520. The summed E-state index contributed by atoms with van der Waals surface area (Å²) >= 11 is 0. The van der Waals surface area contributed by atoms with Crippen LogP contribution in [0.2, 0.25) is 0 Å². The van der Waals surface area contributed by atoms with Gasteiger partial charge >= 0.3 is 0 Å². The quantitative estimate of drug-likeness (QED) is 0.433. The molecule has 0 radical (unpaired) electrons. The summed E-state index contributed by atoms with van der Waals surface area (Å²) in [6.07, 6.45) is 3.51. The highest BCUT2D eigenvalue weighted by molar-refractivity contribution is 5.91. The van der Waals surface area contributed by atoms with Gasteiger partial charge in [-0.3, -0.25) is 0 Å². The topological polar surface area (TPSA) is 93.5 Å². The molecule has 3 aromatic rings. The third kappa shape index (κ3) is 5.82. The molecule has 178 valence electrons. The second-order valence-corrected chi connectivity index (χ2v) is 8.96. The Morgan fingerprint density at radius 1 is 1.24 bits per heavy atom. The van der Waals surface area contributed by atoms with Crippen molar-refractivity contribution < 1.29 is 14.6 Å². The zero-order valence-electron chi connectivity index (χ0n) is 19.8. The van der Waals surface area contributed by atoms with Crippen LogP contribution in [0.4, 0.5) is 5.69 Å². The lowest BCUT2D eigenvalue weighted by atomic mass is 10.0. The Balaban J connectivity index is 1.62. The molecule has 33 heavy (non-hydrogen) atoms. The average Bonchev–Trinajstić information content (AvgIpc) is 3.27. The number of rotatable bonds is 10. The van der Waals surface area contributed by atoms with Gasteiger partial charge in [-0.05, 0) is 57.9 Å². The van der Waals surface area contributed by atoms with Crippen LogP contribution in [-0.4, -0.2) is 65.9 Å². The van der Waals surface area contributed by atoms with Crippen molar-refractivity contribution in [2.75, 3.05) is 45.3 Å². The second-order valence-electron chi connectivity index (χ2n) is 8.96. The fourth-order valence-corrected chi connectivity index (χ4v) is 4.13. The van der Waals surface area contributed by atoms with E-state index >= 15 is 0 Å². The van der Waals surface area contributed by atoms with Gasteiger partial charge in [0.1, 0.15) is 18.5 Å². The summed E-state index contributed by atoms with van der Waals surface area (Å²) in [5.41, 5.74) is 3.74. The van der Waals surface area contributed by atoms with Crippen molar-refractivity contribution in [3.63, 3.8) is 0 Å². The Morgan fingerprint density at radius 2 is 2.06 bits per heavy atom. The molecule has 1 aromatic carbocycles. The monoisotopic (exact) mass is 453 g/mol. The number of fused-ring (bicyclic) bond motifs is 1. The first-order chi connectivity index (χ1) is 16.0. The molecule has 1 aliphatic rings. The van der Waals surface area contributed by atoms with Gasteiger partial charge < -0.3 is 25.2 Å². The number of pyridine rings is 1. The van der Waals surface area contributed by atoms with Gasteiger partial charge in [0, 0.05) is 43.6 Å². The number of benzene rings is 1. The van der Waals surface area contributed by atoms with E-state index in [4.69, 9.17) is 14.5 Å². The van der Waals surface area contributed by atoms with Gasteiger partial charge in [-0.1, -0.05) is 12.1 Å². The summed E-state index contributed by atoms with van der Waals surface area (Å²) in [5, 5.41) is 22.2. The van der Waals surface area contributed by atoms with E-state index in [-0.39, 0.29) is 12.6 Å². The first-order valence-electron chi connectivity index (χ1n) is 11.8. The molecule has 1 unspecified atom stereocenters. The largest absolute Gasteiger partial charge is 0.491 e. The van der Waals surface area contributed by atoms with Crippen LogP contribution in [0.15, 0.2) is 36.5 Å². The number of likely N-dealkylation sites (N-methyl/N-ethyl adjacent to an activating group) is 1. The van der Waals surface area contributed by atoms with E-state index in [0.717, 1.165) is 60.6 Å². The van der Waals surface area contributed by atoms with Crippen molar-refractivity contribution in [3.8, 4) is 17.0 Å². The molecule has 0 bridgehead atoms. The van der Waals surface area contributed by atoms with Crippen molar-refractivity contribution in [1.82, 2.24) is 20.1 Å². The minimum Gasteiger partial charge on any atom is -0.491 e. The standard InChI is InChI=1S/C25H35N5O3/c1-17(2)30-25-22(15-28-30)24(27-13-18-7-9-32-10-8-18)12-23(29-25)19-5-4-6-21(11-19)33-16-20(31)14-26-3/h4-6,11-12,15,17-18,20,26,31H,7-10,13-14,16H2,1-3H3,(H,27,29). The van der Waals surface area contributed by atoms with E-state index in [0.29, 0.717) is 18.2 Å². The highest BCUT2D eigenvalue weighted by Gasteiger charge is 2.17. The Hall–Kier alpha value is -2.68. The van der Waals surface area contributed by atoms with Gasteiger partial charge in [-0.25, -0.2) is 9.67 Å². The van der Waals surface area contributed by atoms with E-state index in [2.05, 4.69) is 35.6 Å². The van der Waals surface area contributed by atoms with Crippen LogP contribution in [0.25, 0.3) is 22.3 Å². The zero-order valence-corrected chi connectivity index (χ0v) is 19.8. The third-order valence-electron chi connectivity index (χ3n) is 5.99. The number of aliphatic hydroxyl groups excluding tert-OH is 1. The fourth-order valence-electron chi connectivity index (χ4n) is 4.13. The second kappa shape index (κ2) is 11.0. The molecule has 1 aliphatic heterocycles. The molecule has 8 heteroatoms. The molecular weight excluding hydrogens is 418 g/mol. The van der Waals surface area contributed by atoms with Crippen LogP contribution in [0, 0.1) is 5.92 Å². The van der Waals surface area contributed by atoms with Gasteiger partial charge in [-0.2, -0.15) is 5.10 Å². The van der Waals surface area contributed by atoms with Crippen LogP contribution < -0.4 is 15.4 Å². The number of nitrogens with zero attached hydrogens (tertiary/aromatic N) is 3. The molecule has 0 amide bonds. The molecule has 2 aromatic heterocycles. The summed E-state index contributed by atoms with van der Waals surface area (Å²) in [6.45, 7) is 7.52. The van der Waals surface area contributed by atoms with Crippen LogP contribution >= 0.6 is 0 Å². The lowest BCUT2D eigenvalue weighted by Crippen LogP contribution is -2.29.